The molecular weight excluding hydrogens is 318 g/mol. The number of nitrogens with one attached hydrogen (secondary N) is 2. The van der Waals surface area contributed by atoms with Crippen molar-refractivity contribution in [2.75, 3.05) is 6.54 Å². The molecule has 2 aliphatic rings. The van der Waals surface area contributed by atoms with Gasteiger partial charge in [0.1, 0.15) is 12.0 Å². The van der Waals surface area contributed by atoms with E-state index in [4.69, 9.17) is 0 Å². The van der Waals surface area contributed by atoms with Gasteiger partial charge in [-0.05, 0) is 18.2 Å². The first-order valence-corrected chi connectivity index (χ1v) is 7.86. The summed E-state index contributed by atoms with van der Waals surface area (Å²) in [5, 5.41) is 2.94. The number of carbonyl (C=O) groups is 1. The fourth-order valence-electron chi connectivity index (χ4n) is 3.04. The third-order valence-corrected chi connectivity index (χ3v) is 4.23. The number of pyridine rings is 1. The van der Waals surface area contributed by atoms with E-state index >= 15 is 0 Å². The number of H-pyrrole nitrogens is 1. The largest absolute Gasteiger partial charge is 0.343 e. The number of nitrogens with zero attached hydrogens (tertiary/aromatic N) is 5. The molecule has 0 spiro atoms. The monoisotopic (exact) mass is 331 g/mol. The first kappa shape index (κ1) is 13.8. The molecule has 2 aliphatic heterocycles. The second-order valence-electron chi connectivity index (χ2n) is 5.85. The van der Waals surface area contributed by atoms with Crippen LogP contribution >= 0.6 is 0 Å². The third-order valence-electron chi connectivity index (χ3n) is 4.23. The van der Waals surface area contributed by atoms with Crippen molar-refractivity contribution in [2.24, 2.45) is 9.98 Å². The zero-order valence-corrected chi connectivity index (χ0v) is 13.0. The summed E-state index contributed by atoms with van der Waals surface area (Å²) in [7, 11) is 0. The molecule has 0 radical (unpaired) electrons. The van der Waals surface area contributed by atoms with Crippen molar-refractivity contribution in [2.45, 2.75) is 6.17 Å². The van der Waals surface area contributed by atoms with E-state index in [0.717, 1.165) is 22.6 Å². The van der Waals surface area contributed by atoms with Gasteiger partial charge in [-0.25, -0.2) is 20.0 Å². The van der Waals surface area contributed by atoms with Crippen LogP contribution in [0.2, 0.25) is 0 Å². The Kier molecular flexibility index (Phi) is 2.90. The summed E-state index contributed by atoms with van der Waals surface area (Å²) >= 11 is 0. The number of aromatic nitrogens is 3. The number of para-hydroxylation sites is 1. The summed E-state index contributed by atoms with van der Waals surface area (Å²) in [4.78, 5) is 34.7. The molecule has 5 rings (SSSR count). The number of fused-ring (bicyclic) bond motifs is 4. The third kappa shape index (κ3) is 2.26. The molecule has 0 saturated carbocycles. The van der Waals surface area contributed by atoms with Gasteiger partial charge in [0.05, 0.1) is 36.0 Å². The molecule has 25 heavy (non-hydrogen) atoms. The highest BCUT2D eigenvalue weighted by Gasteiger charge is 2.30. The zero-order valence-electron chi connectivity index (χ0n) is 13.0. The number of amides is 1. The van der Waals surface area contributed by atoms with Crippen LogP contribution in [0.1, 0.15) is 15.9 Å². The van der Waals surface area contributed by atoms with Crippen molar-refractivity contribution < 1.29 is 4.79 Å². The van der Waals surface area contributed by atoms with Crippen LogP contribution in [0.3, 0.4) is 0 Å². The van der Waals surface area contributed by atoms with Crippen molar-refractivity contribution in [3.63, 3.8) is 0 Å². The molecule has 1 atom stereocenters. The molecule has 1 unspecified atom stereocenters. The van der Waals surface area contributed by atoms with Crippen molar-refractivity contribution in [3.8, 4) is 0 Å². The first-order valence-electron chi connectivity index (χ1n) is 7.86. The number of imidazole rings is 1. The molecule has 4 heterocycles. The van der Waals surface area contributed by atoms with E-state index in [1.54, 1.807) is 18.7 Å². The van der Waals surface area contributed by atoms with E-state index in [1.165, 1.54) is 6.20 Å². The summed E-state index contributed by atoms with van der Waals surface area (Å²) in [6, 6.07) is 9.56. The lowest BCUT2D eigenvalue weighted by atomic mass is 10.1. The molecule has 2 aromatic heterocycles. The Bertz CT molecular complexity index is 1050. The number of rotatable bonds is 2. The normalized spacial score (nSPS) is 18.0. The van der Waals surface area contributed by atoms with E-state index < -0.39 is 0 Å². The Labute approximate surface area is 142 Å². The lowest BCUT2D eigenvalue weighted by Crippen LogP contribution is -2.38. The van der Waals surface area contributed by atoms with Gasteiger partial charge in [0.25, 0.3) is 5.91 Å². The molecule has 1 aromatic carbocycles. The summed E-state index contributed by atoms with van der Waals surface area (Å²) in [5.41, 5.74) is 3.64. The fourth-order valence-corrected chi connectivity index (χ4v) is 3.04. The Morgan fingerprint density at radius 3 is 3.16 bits per heavy atom. The Balaban J connectivity index is 1.40. The maximum absolute atomic E-state index is 12.5. The van der Waals surface area contributed by atoms with Gasteiger partial charge in [-0.15, -0.1) is 0 Å². The van der Waals surface area contributed by atoms with Crippen LogP contribution in [-0.2, 0) is 0 Å². The van der Waals surface area contributed by atoms with Crippen molar-refractivity contribution in [3.05, 3.63) is 54.0 Å². The minimum Gasteiger partial charge on any atom is -0.343 e. The average Bonchev–Trinajstić information content (AvgIpc) is 3.27. The molecule has 122 valence electrons. The minimum absolute atomic E-state index is 0.219. The van der Waals surface area contributed by atoms with Gasteiger partial charge in [0, 0.05) is 11.8 Å². The first-order chi connectivity index (χ1) is 12.3. The van der Waals surface area contributed by atoms with Gasteiger partial charge < -0.3 is 15.2 Å². The van der Waals surface area contributed by atoms with Gasteiger partial charge in [-0.1, -0.05) is 12.1 Å². The highest BCUT2D eigenvalue weighted by Crippen LogP contribution is 2.27. The van der Waals surface area contributed by atoms with E-state index in [9.17, 15) is 4.79 Å². The van der Waals surface area contributed by atoms with Crippen molar-refractivity contribution >= 4 is 34.9 Å². The quantitative estimate of drug-likeness (QED) is 0.742. The minimum atomic E-state index is -0.336. The van der Waals surface area contributed by atoms with Crippen LogP contribution in [0.4, 0.5) is 5.69 Å². The Morgan fingerprint density at radius 1 is 1.28 bits per heavy atom. The van der Waals surface area contributed by atoms with E-state index in [1.807, 2.05) is 29.2 Å². The Morgan fingerprint density at radius 2 is 2.20 bits per heavy atom. The van der Waals surface area contributed by atoms with Crippen LogP contribution < -0.4 is 5.32 Å². The van der Waals surface area contributed by atoms with E-state index in [2.05, 4.69) is 30.3 Å². The number of carbonyl (C=O) groups excluding carboxylic acids is 1. The van der Waals surface area contributed by atoms with Crippen molar-refractivity contribution in [1.29, 1.82) is 0 Å². The van der Waals surface area contributed by atoms with E-state index in [-0.39, 0.29) is 12.1 Å². The molecule has 0 saturated heterocycles. The molecule has 2 N–H and O–H groups in total. The molecule has 0 bridgehead atoms. The van der Waals surface area contributed by atoms with Crippen molar-refractivity contribution in [1.82, 2.24) is 25.2 Å². The zero-order chi connectivity index (χ0) is 16.8. The van der Waals surface area contributed by atoms with Gasteiger partial charge in [-0.3, -0.25) is 4.79 Å². The standard InChI is InChI=1S/C17H13N7O/c25-17(10-5-13-15(18-6-10)20-8-19-13)23-14-7-24-9-21-12-4-2-1-3-11(12)16(24)22-14/h1-6,8-9,14H,7H2,(H,23,25)(H,18,19,20). The summed E-state index contributed by atoms with van der Waals surface area (Å²) < 4.78 is 0. The van der Waals surface area contributed by atoms with Crippen LogP contribution in [0.15, 0.2) is 52.8 Å². The second-order valence-corrected chi connectivity index (χ2v) is 5.85. The molecule has 1 amide bonds. The topological polar surface area (TPSA) is 98.6 Å². The van der Waals surface area contributed by atoms with Gasteiger partial charge in [-0.2, -0.15) is 0 Å². The van der Waals surface area contributed by atoms with E-state index in [0.29, 0.717) is 17.8 Å². The van der Waals surface area contributed by atoms with Gasteiger partial charge in [0.2, 0.25) is 0 Å². The maximum Gasteiger partial charge on any atom is 0.254 e. The number of aromatic amines is 1. The van der Waals surface area contributed by atoms with Crippen LogP contribution in [-0.4, -0.2) is 50.6 Å². The SMILES string of the molecule is O=C(NC1CN2C=Nc3ccccc3C2=N1)c1cnc2nc[nH]c2c1. The predicted molar refractivity (Wildman–Crippen MR) is 93.0 cm³/mol. The highest BCUT2D eigenvalue weighted by molar-refractivity contribution is 6.11. The lowest BCUT2D eigenvalue weighted by molar-refractivity contribution is 0.0938. The molecule has 8 heteroatoms. The van der Waals surface area contributed by atoms with Crippen LogP contribution in [0.25, 0.3) is 11.2 Å². The predicted octanol–water partition coefficient (Wildman–Crippen LogP) is 1.45. The molecule has 8 nitrogen and oxygen atoms in total. The Hall–Kier alpha value is -3.55. The number of hydrogen-bond donors (Lipinski definition) is 2. The molecule has 0 fully saturated rings. The summed E-state index contributed by atoms with van der Waals surface area (Å²) in [6.45, 7) is 0.554. The number of aliphatic imine (C=N–C) groups is 2. The van der Waals surface area contributed by atoms with Crippen LogP contribution in [0, 0.1) is 0 Å². The van der Waals surface area contributed by atoms with Crippen LogP contribution in [0.5, 0.6) is 0 Å². The lowest BCUT2D eigenvalue weighted by Gasteiger charge is -2.20. The number of hydrogen-bond acceptors (Lipinski definition) is 6. The van der Waals surface area contributed by atoms with Gasteiger partial charge >= 0.3 is 0 Å². The number of amidine groups is 1. The number of benzene rings is 1. The molecular formula is C17H13N7O. The summed E-state index contributed by atoms with van der Waals surface area (Å²) in [5.74, 6) is 0.612. The summed E-state index contributed by atoms with van der Waals surface area (Å²) in [6.07, 6.45) is 4.49. The second kappa shape index (κ2) is 5.23. The van der Waals surface area contributed by atoms with Gasteiger partial charge in [0.15, 0.2) is 5.65 Å². The smallest absolute Gasteiger partial charge is 0.254 e. The fraction of sp³-hybridized carbons (Fsp3) is 0.118. The highest BCUT2D eigenvalue weighted by atomic mass is 16.1. The average molecular weight is 331 g/mol. The maximum atomic E-state index is 12.5. The molecule has 0 aliphatic carbocycles. The molecule has 3 aromatic rings.